The van der Waals surface area contributed by atoms with Crippen molar-refractivity contribution >= 4 is 11.9 Å². The molecule has 34 heavy (non-hydrogen) atoms. The molecule has 1 aliphatic heterocycles. The van der Waals surface area contributed by atoms with Gasteiger partial charge in [-0.3, -0.25) is 9.80 Å². The normalized spacial score (nSPS) is 13.9. The van der Waals surface area contributed by atoms with Crippen molar-refractivity contribution in [1.82, 2.24) is 9.80 Å². The number of carboxylic acid groups (broad SMARTS) is 2. The fourth-order valence-electron chi connectivity index (χ4n) is 3.58. The summed E-state index contributed by atoms with van der Waals surface area (Å²) in [6.07, 6.45) is 0. The van der Waals surface area contributed by atoms with Crippen molar-refractivity contribution in [2.75, 3.05) is 54.6 Å². The molecule has 0 aliphatic carbocycles. The molecule has 2 aromatic rings. The Balaban J connectivity index is 0.000000604. The minimum Gasteiger partial charge on any atom is -0.497 e. The second-order valence-corrected chi connectivity index (χ2v) is 7.52. The maximum atomic E-state index is 9.10. The highest BCUT2D eigenvalue weighted by molar-refractivity contribution is 6.27. The molecule has 0 spiro atoms. The second kappa shape index (κ2) is 13.3. The van der Waals surface area contributed by atoms with Crippen LogP contribution in [-0.2, 0) is 22.7 Å². The van der Waals surface area contributed by atoms with Gasteiger partial charge in [0.2, 0.25) is 0 Å². The summed E-state index contributed by atoms with van der Waals surface area (Å²) in [5, 5.41) is 14.8. The fraction of sp³-hybridized carbons (Fsp3) is 0.417. The SMILES string of the molecule is COc1ccc(OC)c(CN2CCN(Cc3ccc(OC)cc3OC)CC2)c1.O=C(O)C(=O)O. The largest absolute Gasteiger partial charge is 0.497 e. The van der Waals surface area contributed by atoms with Crippen molar-refractivity contribution in [3.05, 3.63) is 47.5 Å². The molecule has 0 atom stereocenters. The Morgan fingerprint density at radius 2 is 1.15 bits per heavy atom. The molecule has 0 saturated carbocycles. The van der Waals surface area contributed by atoms with E-state index in [4.69, 9.17) is 38.7 Å². The molecule has 1 heterocycles. The zero-order valence-electron chi connectivity index (χ0n) is 19.9. The van der Waals surface area contributed by atoms with E-state index in [0.29, 0.717) is 0 Å². The predicted octanol–water partition coefficient (Wildman–Crippen LogP) is 2.19. The topological polar surface area (TPSA) is 118 Å². The number of carbonyl (C=O) groups is 2. The number of benzene rings is 2. The van der Waals surface area contributed by atoms with Gasteiger partial charge in [-0.2, -0.15) is 0 Å². The first-order valence-electron chi connectivity index (χ1n) is 10.6. The molecule has 0 aromatic heterocycles. The Labute approximate surface area is 199 Å². The van der Waals surface area contributed by atoms with E-state index in [-0.39, 0.29) is 0 Å². The van der Waals surface area contributed by atoms with E-state index in [9.17, 15) is 0 Å². The van der Waals surface area contributed by atoms with Crippen molar-refractivity contribution in [2.45, 2.75) is 13.1 Å². The van der Waals surface area contributed by atoms with Gasteiger partial charge in [-0.25, -0.2) is 9.59 Å². The molecule has 0 bridgehead atoms. The van der Waals surface area contributed by atoms with Crippen LogP contribution >= 0.6 is 0 Å². The third-order valence-electron chi connectivity index (χ3n) is 5.42. The zero-order valence-corrected chi connectivity index (χ0v) is 19.9. The third-order valence-corrected chi connectivity index (χ3v) is 5.42. The van der Waals surface area contributed by atoms with Gasteiger partial charge < -0.3 is 29.2 Å². The van der Waals surface area contributed by atoms with Gasteiger partial charge in [-0.1, -0.05) is 6.07 Å². The van der Waals surface area contributed by atoms with Crippen LogP contribution in [0.15, 0.2) is 36.4 Å². The zero-order chi connectivity index (χ0) is 25.1. The van der Waals surface area contributed by atoms with Crippen LogP contribution in [0.1, 0.15) is 11.1 Å². The Hall–Kier alpha value is -3.50. The smallest absolute Gasteiger partial charge is 0.414 e. The molecule has 0 unspecified atom stereocenters. The van der Waals surface area contributed by atoms with E-state index in [1.807, 2.05) is 24.3 Å². The minimum absolute atomic E-state index is 0.817. The molecule has 0 radical (unpaired) electrons. The van der Waals surface area contributed by atoms with Crippen molar-refractivity contribution in [1.29, 1.82) is 0 Å². The number of methoxy groups -OCH3 is 4. The first kappa shape index (κ1) is 26.7. The second-order valence-electron chi connectivity index (χ2n) is 7.52. The molecule has 0 amide bonds. The van der Waals surface area contributed by atoms with E-state index in [2.05, 4.69) is 21.9 Å². The third kappa shape index (κ3) is 7.82. The molecular weight excluding hydrogens is 444 g/mol. The van der Waals surface area contributed by atoms with Gasteiger partial charge in [-0.15, -0.1) is 0 Å². The summed E-state index contributed by atoms with van der Waals surface area (Å²) in [7, 11) is 6.78. The predicted molar refractivity (Wildman–Crippen MR) is 125 cm³/mol. The van der Waals surface area contributed by atoms with Crippen LogP contribution in [0.25, 0.3) is 0 Å². The van der Waals surface area contributed by atoms with Crippen molar-refractivity contribution < 1.29 is 38.7 Å². The van der Waals surface area contributed by atoms with Crippen LogP contribution in [0.2, 0.25) is 0 Å². The summed E-state index contributed by atoms with van der Waals surface area (Å²) in [6.45, 7) is 5.80. The number of rotatable bonds is 8. The molecule has 2 N–H and O–H groups in total. The highest BCUT2D eigenvalue weighted by Gasteiger charge is 2.20. The molecule has 1 saturated heterocycles. The summed E-state index contributed by atoms with van der Waals surface area (Å²) in [6, 6.07) is 12.0. The molecule has 1 aliphatic rings. The van der Waals surface area contributed by atoms with Gasteiger partial charge in [0, 0.05) is 56.5 Å². The Morgan fingerprint density at radius 3 is 1.62 bits per heavy atom. The highest BCUT2D eigenvalue weighted by Crippen LogP contribution is 2.27. The average molecular weight is 477 g/mol. The van der Waals surface area contributed by atoms with E-state index in [1.54, 1.807) is 28.4 Å². The summed E-state index contributed by atoms with van der Waals surface area (Å²) in [5.41, 5.74) is 2.35. The molecular formula is C24H32N2O8. The quantitative estimate of drug-likeness (QED) is 0.549. The maximum absolute atomic E-state index is 9.10. The molecule has 10 heteroatoms. The highest BCUT2D eigenvalue weighted by atomic mass is 16.5. The Kier molecular flexibility index (Phi) is 10.4. The van der Waals surface area contributed by atoms with Crippen molar-refractivity contribution in [3.8, 4) is 23.0 Å². The van der Waals surface area contributed by atoms with Gasteiger partial charge in [-0.05, 0) is 24.3 Å². The van der Waals surface area contributed by atoms with Crippen molar-refractivity contribution in [2.24, 2.45) is 0 Å². The fourth-order valence-corrected chi connectivity index (χ4v) is 3.58. The first-order valence-corrected chi connectivity index (χ1v) is 10.6. The lowest BCUT2D eigenvalue weighted by atomic mass is 10.1. The standard InChI is InChI=1S/C22H30N2O4.C2H2O4/c1-25-19-7-8-21(27-3)18(13-19)16-24-11-9-23(10-12-24)15-17-5-6-20(26-2)14-22(17)28-4;3-1(4)2(5)6/h5-8,13-14H,9-12,15-16H2,1-4H3;(H,3,4)(H,5,6). The Morgan fingerprint density at radius 1 is 0.676 bits per heavy atom. The first-order chi connectivity index (χ1) is 16.3. The molecule has 10 nitrogen and oxygen atoms in total. The number of nitrogens with zero attached hydrogens (tertiary/aromatic N) is 2. The Bertz CT molecular complexity index is 946. The van der Waals surface area contributed by atoms with Crippen LogP contribution in [-0.4, -0.2) is 86.6 Å². The lowest BCUT2D eigenvalue weighted by Crippen LogP contribution is -2.45. The van der Waals surface area contributed by atoms with Crippen LogP contribution < -0.4 is 18.9 Å². The van der Waals surface area contributed by atoms with Gasteiger partial charge in [0.15, 0.2) is 0 Å². The molecule has 1 fully saturated rings. The van der Waals surface area contributed by atoms with Gasteiger partial charge >= 0.3 is 11.9 Å². The number of carboxylic acids is 2. The molecule has 2 aromatic carbocycles. The van der Waals surface area contributed by atoms with E-state index < -0.39 is 11.9 Å². The summed E-state index contributed by atoms with van der Waals surface area (Å²) >= 11 is 0. The number of piperazine rings is 1. The van der Waals surface area contributed by atoms with Gasteiger partial charge in [0.05, 0.1) is 28.4 Å². The van der Waals surface area contributed by atoms with Crippen LogP contribution in [0.5, 0.6) is 23.0 Å². The number of hydrogen-bond acceptors (Lipinski definition) is 8. The van der Waals surface area contributed by atoms with Crippen LogP contribution in [0.4, 0.5) is 0 Å². The van der Waals surface area contributed by atoms with E-state index in [1.165, 1.54) is 5.56 Å². The lowest BCUT2D eigenvalue weighted by molar-refractivity contribution is -0.159. The van der Waals surface area contributed by atoms with E-state index >= 15 is 0 Å². The van der Waals surface area contributed by atoms with Gasteiger partial charge in [0.1, 0.15) is 23.0 Å². The van der Waals surface area contributed by atoms with Crippen molar-refractivity contribution in [3.63, 3.8) is 0 Å². The average Bonchev–Trinajstić information content (AvgIpc) is 2.85. The summed E-state index contributed by atoms with van der Waals surface area (Å²) in [4.78, 5) is 23.1. The monoisotopic (exact) mass is 476 g/mol. The van der Waals surface area contributed by atoms with Crippen LogP contribution in [0.3, 0.4) is 0 Å². The minimum atomic E-state index is -1.82. The lowest BCUT2D eigenvalue weighted by Gasteiger charge is -2.35. The van der Waals surface area contributed by atoms with E-state index in [0.717, 1.165) is 67.8 Å². The summed E-state index contributed by atoms with van der Waals surface area (Å²) in [5.74, 6) is -0.183. The molecule has 3 rings (SSSR count). The van der Waals surface area contributed by atoms with Gasteiger partial charge in [0.25, 0.3) is 0 Å². The number of ether oxygens (including phenoxy) is 4. The number of aliphatic carboxylic acids is 2. The molecule has 186 valence electrons. The van der Waals surface area contributed by atoms with Crippen LogP contribution in [0, 0.1) is 0 Å². The number of hydrogen-bond donors (Lipinski definition) is 2. The summed E-state index contributed by atoms with van der Waals surface area (Å²) < 4.78 is 21.7. The maximum Gasteiger partial charge on any atom is 0.414 e.